The lowest BCUT2D eigenvalue weighted by Crippen LogP contribution is -2.35. The Balaban J connectivity index is 2.88. The Hall–Kier alpha value is -1.05. The molecule has 4 nitrogen and oxygen atoms in total. The third-order valence-electron chi connectivity index (χ3n) is 2.74. The molecule has 112 valence electrons. The van der Waals surface area contributed by atoms with Crippen molar-refractivity contribution in [1.82, 2.24) is 9.80 Å². The Kier molecular flexibility index (Phi) is 6.51. The molecule has 0 aliphatic rings. The Morgan fingerprint density at radius 1 is 1.30 bits per heavy atom. The van der Waals surface area contributed by atoms with Crippen LogP contribution in [0.15, 0.2) is 16.6 Å². The van der Waals surface area contributed by atoms with E-state index in [4.69, 9.17) is 5.11 Å². The van der Waals surface area contributed by atoms with E-state index >= 15 is 0 Å². The first kappa shape index (κ1) is 17.0. The molecule has 1 aromatic carbocycles. The molecular formula is C13H17BrF2N2O2. The predicted octanol–water partition coefficient (Wildman–Crippen LogP) is 2.18. The molecule has 0 aromatic heterocycles. The van der Waals surface area contributed by atoms with Gasteiger partial charge in [0.25, 0.3) is 0 Å². The van der Waals surface area contributed by atoms with E-state index in [0.717, 1.165) is 6.07 Å². The largest absolute Gasteiger partial charge is 0.480 e. The number of hydrogen-bond acceptors (Lipinski definition) is 3. The summed E-state index contributed by atoms with van der Waals surface area (Å²) in [7, 11) is 3.69. The smallest absolute Gasteiger partial charge is 0.317 e. The van der Waals surface area contributed by atoms with Crippen LogP contribution in [-0.4, -0.2) is 54.6 Å². The minimum absolute atomic E-state index is 0.0861. The summed E-state index contributed by atoms with van der Waals surface area (Å²) in [5, 5.41) is 8.87. The number of rotatable bonds is 7. The lowest BCUT2D eigenvalue weighted by Gasteiger charge is -2.23. The third-order valence-corrected chi connectivity index (χ3v) is 3.36. The van der Waals surface area contributed by atoms with E-state index in [1.54, 1.807) is 0 Å². The van der Waals surface area contributed by atoms with Crippen LogP contribution in [0.5, 0.6) is 0 Å². The van der Waals surface area contributed by atoms with Gasteiger partial charge >= 0.3 is 5.97 Å². The molecule has 0 bridgehead atoms. The fourth-order valence-electron chi connectivity index (χ4n) is 1.68. The molecule has 20 heavy (non-hydrogen) atoms. The van der Waals surface area contributed by atoms with Crippen molar-refractivity contribution >= 4 is 21.9 Å². The van der Waals surface area contributed by atoms with E-state index in [9.17, 15) is 13.6 Å². The molecular weight excluding hydrogens is 334 g/mol. The molecule has 0 heterocycles. The quantitative estimate of drug-likeness (QED) is 0.765. The van der Waals surface area contributed by atoms with Crippen LogP contribution in [0.3, 0.4) is 0 Å². The number of hydrogen-bond donors (Lipinski definition) is 1. The van der Waals surface area contributed by atoms with Crippen molar-refractivity contribution in [3.63, 3.8) is 0 Å². The topological polar surface area (TPSA) is 43.8 Å². The van der Waals surface area contributed by atoms with Crippen LogP contribution in [0.2, 0.25) is 0 Å². The van der Waals surface area contributed by atoms with Gasteiger partial charge in [0.05, 0.1) is 11.0 Å². The van der Waals surface area contributed by atoms with Crippen LogP contribution in [0, 0.1) is 11.6 Å². The van der Waals surface area contributed by atoms with Crippen molar-refractivity contribution in [1.29, 1.82) is 0 Å². The van der Waals surface area contributed by atoms with Crippen molar-refractivity contribution in [3.8, 4) is 0 Å². The number of carboxylic acid groups (broad SMARTS) is 1. The maximum atomic E-state index is 13.9. The van der Waals surface area contributed by atoms with Gasteiger partial charge in [-0.1, -0.05) is 0 Å². The van der Waals surface area contributed by atoms with E-state index < -0.39 is 17.6 Å². The molecule has 7 heteroatoms. The Labute approximate surface area is 125 Å². The first-order chi connectivity index (χ1) is 9.31. The van der Waals surface area contributed by atoms with Crippen molar-refractivity contribution < 1.29 is 18.7 Å². The summed E-state index contributed by atoms with van der Waals surface area (Å²) in [6.07, 6.45) is 0. The second-order valence-electron chi connectivity index (χ2n) is 4.73. The highest BCUT2D eigenvalue weighted by atomic mass is 79.9. The highest BCUT2D eigenvalue weighted by Crippen LogP contribution is 2.22. The fraction of sp³-hybridized carbons (Fsp3) is 0.462. The van der Waals surface area contributed by atoms with Gasteiger partial charge in [-0.05, 0) is 42.2 Å². The summed E-state index contributed by atoms with van der Waals surface area (Å²) in [6, 6.07) is 2.45. The third kappa shape index (κ3) is 5.15. The molecule has 0 radical (unpaired) electrons. The second kappa shape index (κ2) is 7.66. The van der Waals surface area contributed by atoms with Gasteiger partial charge in [-0.3, -0.25) is 9.69 Å². The molecule has 0 fully saturated rings. The van der Waals surface area contributed by atoms with Gasteiger partial charge in [0.15, 0.2) is 0 Å². The zero-order chi connectivity index (χ0) is 15.3. The lowest BCUT2D eigenvalue weighted by atomic mass is 10.2. The van der Waals surface area contributed by atoms with Gasteiger partial charge in [-0.25, -0.2) is 8.78 Å². The predicted molar refractivity (Wildman–Crippen MR) is 75.5 cm³/mol. The maximum Gasteiger partial charge on any atom is 0.317 e. The monoisotopic (exact) mass is 350 g/mol. The zero-order valence-corrected chi connectivity index (χ0v) is 13.0. The Bertz CT molecular complexity index is 484. The number of likely N-dealkylation sites (N-methyl/N-ethyl adjacent to an activating group) is 1. The van der Waals surface area contributed by atoms with Crippen molar-refractivity contribution in [2.75, 3.05) is 33.7 Å². The number of halogens is 3. The minimum atomic E-state index is -1.03. The van der Waals surface area contributed by atoms with Crippen LogP contribution in [0.1, 0.15) is 5.56 Å². The minimum Gasteiger partial charge on any atom is -0.480 e. The number of carbonyl (C=O) groups is 1. The molecule has 0 saturated heterocycles. The highest BCUT2D eigenvalue weighted by molar-refractivity contribution is 9.10. The number of benzene rings is 1. The molecule has 1 rings (SSSR count). The average Bonchev–Trinajstić information content (AvgIpc) is 2.35. The Morgan fingerprint density at radius 2 is 1.95 bits per heavy atom. The lowest BCUT2D eigenvalue weighted by molar-refractivity contribution is -0.138. The normalized spacial score (nSPS) is 11.3. The van der Waals surface area contributed by atoms with Gasteiger partial charge in [0, 0.05) is 25.2 Å². The van der Waals surface area contributed by atoms with Gasteiger partial charge in [0.1, 0.15) is 11.6 Å². The standard InChI is InChI=1S/C13H17BrF2N2O2/c1-17(2)5-6-18(8-12(19)20)7-9-11(15)4-3-10(14)13(9)16/h3-4H,5-8H2,1-2H3,(H,19,20). The van der Waals surface area contributed by atoms with Gasteiger partial charge < -0.3 is 10.0 Å². The fourth-order valence-corrected chi connectivity index (χ4v) is 2.06. The van der Waals surface area contributed by atoms with Crippen LogP contribution in [-0.2, 0) is 11.3 Å². The van der Waals surface area contributed by atoms with Crippen LogP contribution < -0.4 is 0 Å². The van der Waals surface area contributed by atoms with E-state index in [1.165, 1.54) is 11.0 Å². The molecule has 1 N–H and O–H groups in total. The second-order valence-corrected chi connectivity index (χ2v) is 5.58. The molecule has 0 amide bonds. The zero-order valence-electron chi connectivity index (χ0n) is 11.4. The van der Waals surface area contributed by atoms with E-state index in [-0.39, 0.29) is 23.1 Å². The summed E-state index contributed by atoms with van der Waals surface area (Å²) in [5.74, 6) is -2.39. The summed E-state index contributed by atoms with van der Waals surface area (Å²) < 4.78 is 27.7. The van der Waals surface area contributed by atoms with Crippen LogP contribution >= 0.6 is 15.9 Å². The summed E-state index contributed by atoms with van der Waals surface area (Å²) in [4.78, 5) is 14.2. The molecule has 0 unspecified atom stereocenters. The van der Waals surface area contributed by atoms with E-state index in [1.807, 2.05) is 19.0 Å². The molecule has 0 saturated carbocycles. The van der Waals surface area contributed by atoms with Crippen LogP contribution in [0.25, 0.3) is 0 Å². The first-order valence-corrected chi connectivity index (χ1v) is 6.81. The van der Waals surface area contributed by atoms with Crippen molar-refractivity contribution in [2.45, 2.75) is 6.54 Å². The van der Waals surface area contributed by atoms with E-state index in [0.29, 0.717) is 13.1 Å². The van der Waals surface area contributed by atoms with Gasteiger partial charge in [-0.15, -0.1) is 0 Å². The number of carboxylic acids is 1. The van der Waals surface area contributed by atoms with Gasteiger partial charge in [0.2, 0.25) is 0 Å². The highest BCUT2D eigenvalue weighted by Gasteiger charge is 2.18. The molecule has 0 spiro atoms. The molecule has 0 aliphatic carbocycles. The summed E-state index contributed by atoms with van der Waals surface area (Å²) in [6.45, 7) is 0.658. The van der Waals surface area contributed by atoms with Crippen molar-refractivity contribution in [2.24, 2.45) is 0 Å². The van der Waals surface area contributed by atoms with Crippen molar-refractivity contribution in [3.05, 3.63) is 33.8 Å². The number of nitrogens with zero attached hydrogens (tertiary/aromatic N) is 2. The van der Waals surface area contributed by atoms with Crippen LogP contribution in [0.4, 0.5) is 8.78 Å². The summed E-state index contributed by atoms with van der Waals surface area (Å²) >= 11 is 3.00. The van der Waals surface area contributed by atoms with E-state index in [2.05, 4.69) is 15.9 Å². The number of aliphatic carboxylic acids is 1. The molecule has 0 atom stereocenters. The average molecular weight is 351 g/mol. The summed E-state index contributed by atoms with van der Waals surface area (Å²) in [5.41, 5.74) is -0.126. The SMILES string of the molecule is CN(C)CCN(CC(=O)O)Cc1c(F)ccc(Br)c1F. The van der Waals surface area contributed by atoms with Gasteiger partial charge in [-0.2, -0.15) is 0 Å². The first-order valence-electron chi connectivity index (χ1n) is 6.02. The Morgan fingerprint density at radius 3 is 2.50 bits per heavy atom. The molecule has 0 aliphatic heterocycles. The maximum absolute atomic E-state index is 13.9. The molecule has 1 aromatic rings.